The molecule has 5 nitrogen and oxygen atoms in total. The second kappa shape index (κ2) is 12.7. The Morgan fingerprint density at radius 3 is 1.91 bits per heavy atom. The van der Waals surface area contributed by atoms with Crippen molar-refractivity contribution in [1.29, 1.82) is 0 Å². The zero-order valence-corrected chi connectivity index (χ0v) is 31.4. The summed E-state index contributed by atoms with van der Waals surface area (Å²) < 4.78 is 14.6. The van der Waals surface area contributed by atoms with Crippen molar-refractivity contribution in [2.75, 3.05) is 0 Å². The van der Waals surface area contributed by atoms with Crippen LogP contribution in [0.2, 0.25) is 0 Å². The molecule has 0 amide bonds. The number of nitrogens with zero attached hydrogens (tertiary/aromatic N) is 3. The van der Waals surface area contributed by atoms with Gasteiger partial charge < -0.3 is 8.83 Å². The molecule has 57 heavy (non-hydrogen) atoms. The van der Waals surface area contributed by atoms with Crippen molar-refractivity contribution in [3.63, 3.8) is 0 Å². The van der Waals surface area contributed by atoms with Crippen LogP contribution in [0.25, 0.3) is 116 Å². The predicted molar refractivity (Wildman–Crippen MR) is 234 cm³/mol. The number of rotatable bonds is 5. The van der Waals surface area contributed by atoms with Gasteiger partial charge in [-0.25, -0.2) is 15.0 Å². The van der Waals surface area contributed by atoms with Crippen LogP contribution in [-0.4, -0.2) is 15.0 Å². The zero-order valence-electron chi connectivity index (χ0n) is 30.6. The molecule has 12 rings (SSSR count). The van der Waals surface area contributed by atoms with Gasteiger partial charge in [0.25, 0.3) is 0 Å². The normalized spacial score (nSPS) is 12.7. The maximum atomic E-state index is 6.83. The van der Waals surface area contributed by atoms with Gasteiger partial charge in [-0.1, -0.05) is 146 Å². The highest BCUT2D eigenvalue weighted by molar-refractivity contribution is 7.20. The number of para-hydroxylation sites is 3. The highest BCUT2D eigenvalue weighted by atomic mass is 32.1. The van der Waals surface area contributed by atoms with Crippen LogP contribution >= 0.6 is 11.3 Å². The molecule has 0 atom stereocenters. The number of aromatic nitrogens is 3. The summed E-state index contributed by atoms with van der Waals surface area (Å²) in [6.45, 7) is 0. The lowest BCUT2D eigenvalue weighted by atomic mass is 9.97. The first kappa shape index (κ1) is 32.1. The van der Waals surface area contributed by atoms with E-state index in [0.29, 0.717) is 17.5 Å². The Bertz CT molecular complexity index is 3410. The van der Waals surface area contributed by atoms with Gasteiger partial charge >= 0.3 is 0 Å². The summed E-state index contributed by atoms with van der Waals surface area (Å²) in [7, 11) is 0. The van der Waals surface area contributed by atoms with Crippen LogP contribution in [0.3, 0.4) is 0 Å². The molecule has 6 heteroatoms. The van der Waals surface area contributed by atoms with E-state index in [1.54, 1.807) is 0 Å². The van der Waals surface area contributed by atoms with Crippen molar-refractivity contribution < 1.29 is 8.83 Å². The fourth-order valence-electron chi connectivity index (χ4n) is 8.54. The van der Waals surface area contributed by atoms with Gasteiger partial charge in [-0.3, -0.25) is 0 Å². The summed E-state index contributed by atoms with van der Waals surface area (Å²) in [6.07, 6.45) is 6.75. The topological polar surface area (TPSA) is 65.0 Å². The number of aryl methyl sites for hydroxylation is 1. The molecule has 1 aliphatic rings. The molecule has 11 aromatic rings. The fraction of sp³-hybridized carbons (Fsp3) is 0.0392. The van der Waals surface area contributed by atoms with E-state index in [0.717, 1.165) is 90.1 Å². The molecule has 0 saturated carbocycles. The third-order valence-electron chi connectivity index (χ3n) is 11.2. The second-order valence-corrected chi connectivity index (χ2v) is 15.7. The van der Waals surface area contributed by atoms with Crippen LogP contribution in [0.4, 0.5) is 0 Å². The number of furan rings is 2. The van der Waals surface area contributed by atoms with E-state index in [4.69, 9.17) is 23.8 Å². The van der Waals surface area contributed by atoms with Gasteiger partial charge in [0, 0.05) is 58.8 Å². The van der Waals surface area contributed by atoms with Gasteiger partial charge in [-0.2, -0.15) is 0 Å². The van der Waals surface area contributed by atoms with Crippen LogP contribution in [-0.2, 0) is 6.42 Å². The maximum Gasteiger partial charge on any atom is 0.167 e. The summed E-state index contributed by atoms with van der Waals surface area (Å²) in [6, 6.07) is 52.4. The van der Waals surface area contributed by atoms with Gasteiger partial charge in [-0.05, 0) is 47.7 Å². The molecule has 4 heterocycles. The van der Waals surface area contributed by atoms with E-state index in [1.165, 1.54) is 26.1 Å². The third-order valence-corrected chi connectivity index (χ3v) is 12.6. The molecular weight excluding hydrogens is 719 g/mol. The van der Waals surface area contributed by atoms with E-state index in [1.807, 2.05) is 59.9 Å². The van der Waals surface area contributed by atoms with Crippen LogP contribution in [0.1, 0.15) is 16.9 Å². The van der Waals surface area contributed by atoms with Gasteiger partial charge in [0.15, 0.2) is 17.5 Å². The first-order valence-corrected chi connectivity index (χ1v) is 20.1. The average molecular weight is 750 g/mol. The number of fused-ring (bicyclic) bond motifs is 9. The lowest BCUT2D eigenvalue weighted by molar-refractivity contribution is 0.669. The van der Waals surface area contributed by atoms with Crippen molar-refractivity contribution >= 4 is 71.4 Å². The summed E-state index contributed by atoms with van der Waals surface area (Å²) >= 11 is 1.91. The first-order chi connectivity index (χ1) is 28.2. The number of hydrogen-bond acceptors (Lipinski definition) is 6. The lowest BCUT2D eigenvalue weighted by Crippen LogP contribution is -2.00. The summed E-state index contributed by atoms with van der Waals surface area (Å²) in [5.74, 6) is 1.68. The van der Waals surface area contributed by atoms with E-state index in [2.05, 4.69) is 115 Å². The van der Waals surface area contributed by atoms with Crippen molar-refractivity contribution in [3.8, 4) is 56.4 Å². The minimum Gasteiger partial charge on any atom is -0.455 e. The Morgan fingerprint density at radius 1 is 0.439 bits per heavy atom. The van der Waals surface area contributed by atoms with Crippen molar-refractivity contribution in [1.82, 2.24) is 15.0 Å². The van der Waals surface area contributed by atoms with Crippen LogP contribution in [0.5, 0.6) is 0 Å². The van der Waals surface area contributed by atoms with E-state index in [9.17, 15) is 0 Å². The Morgan fingerprint density at radius 2 is 1.04 bits per heavy atom. The number of thiophene rings is 1. The molecule has 0 fully saturated rings. The first-order valence-electron chi connectivity index (χ1n) is 19.2. The Hall–Kier alpha value is -7.15. The highest BCUT2D eigenvalue weighted by Crippen LogP contribution is 2.45. The second-order valence-electron chi connectivity index (χ2n) is 14.6. The minimum atomic E-state index is 0.541. The molecule has 0 unspecified atom stereocenters. The number of hydrogen-bond donors (Lipinski definition) is 0. The van der Waals surface area contributed by atoms with Crippen molar-refractivity contribution in [2.45, 2.75) is 12.8 Å². The highest BCUT2D eigenvalue weighted by Gasteiger charge is 2.23. The molecule has 0 aliphatic heterocycles. The van der Waals surface area contributed by atoms with Gasteiger partial charge in [-0.15, -0.1) is 11.3 Å². The largest absolute Gasteiger partial charge is 0.455 e. The zero-order chi connectivity index (χ0) is 37.5. The predicted octanol–water partition coefficient (Wildman–Crippen LogP) is 14.2. The quantitative estimate of drug-likeness (QED) is 0.175. The Balaban J connectivity index is 1.07. The number of benzene rings is 7. The monoisotopic (exact) mass is 749 g/mol. The Labute approximate surface area is 331 Å². The van der Waals surface area contributed by atoms with Crippen molar-refractivity contribution in [2.24, 2.45) is 0 Å². The van der Waals surface area contributed by atoms with E-state index < -0.39 is 0 Å². The molecule has 0 spiro atoms. The summed E-state index contributed by atoms with van der Waals surface area (Å²) in [5.41, 5.74) is 11.7. The molecule has 0 radical (unpaired) electrons. The Kier molecular flexibility index (Phi) is 7.16. The third kappa shape index (κ3) is 5.11. The van der Waals surface area contributed by atoms with E-state index in [-0.39, 0.29) is 0 Å². The molecule has 1 aliphatic carbocycles. The molecule has 7 aromatic carbocycles. The minimum absolute atomic E-state index is 0.541. The molecule has 4 aromatic heterocycles. The number of allylic oxidation sites excluding steroid dienone is 1. The molecule has 0 N–H and O–H groups in total. The fourth-order valence-corrected chi connectivity index (χ4v) is 9.87. The maximum absolute atomic E-state index is 6.83. The lowest BCUT2D eigenvalue weighted by Gasteiger charge is -2.10. The van der Waals surface area contributed by atoms with E-state index >= 15 is 0 Å². The molecule has 268 valence electrons. The van der Waals surface area contributed by atoms with Crippen LogP contribution in [0.15, 0.2) is 167 Å². The standard InChI is InChI=1S/C51H31N3O2S/c1-2-12-30(13-3-1)31-26-28-32(29-27-31)49-52-50(54-51(53-49)41-22-9-16-35-33-14-4-6-23-42(33)55-47(35)41)40-21-11-24-43-45(40)39-20-8-17-36(46(39)56-43)38-19-10-18-37-34-15-5-7-25-44(34)57-48(37)38/h1-6,8-24,26-29H,7,25H2. The summed E-state index contributed by atoms with van der Waals surface area (Å²) in [4.78, 5) is 17.1. The van der Waals surface area contributed by atoms with Crippen LogP contribution < -0.4 is 0 Å². The molecular formula is C51H31N3O2S. The summed E-state index contributed by atoms with van der Waals surface area (Å²) in [5, 5.41) is 5.37. The molecule has 0 saturated heterocycles. The van der Waals surface area contributed by atoms with Gasteiger partial charge in [0.1, 0.15) is 22.3 Å². The molecule has 0 bridgehead atoms. The smallest absolute Gasteiger partial charge is 0.167 e. The van der Waals surface area contributed by atoms with Crippen molar-refractivity contribution in [3.05, 3.63) is 168 Å². The SMILES string of the molecule is C1=Cc2c(sc3c(-c4cccc5c4oc4cccc(-c6nc(-c7ccc(-c8ccccc8)cc7)nc(-c7cccc8c7oc7ccccc78)n6)c45)cccc23)CC1. The average Bonchev–Trinajstić information content (AvgIpc) is 3.98. The van der Waals surface area contributed by atoms with Gasteiger partial charge in [0.2, 0.25) is 0 Å². The van der Waals surface area contributed by atoms with Crippen LogP contribution in [0, 0.1) is 0 Å². The van der Waals surface area contributed by atoms with Gasteiger partial charge in [0.05, 0.1) is 5.56 Å².